The summed E-state index contributed by atoms with van der Waals surface area (Å²) >= 11 is 0. The number of hydrogen-bond donors (Lipinski definition) is 0. The van der Waals surface area contributed by atoms with Gasteiger partial charge in [0.25, 0.3) is 0 Å². The molecule has 7 heteroatoms. The highest BCUT2D eigenvalue weighted by Gasteiger charge is 2.20. The van der Waals surface area contributed by atoms with E-state index in [9.17, 15) is 0 Å². The molecule has 2 aromatic heterocycles. The maximum absolute atomic E-state index is 5.35. The highest BCUT2D eigenvalue weighted by molar-refractivity contribution is 5.03. The Balaban J connectivity index is 1.42. The van der Waals surface area contributed by atoms with Crippen molar-refractivity contribution in [3.63, 3.8) is 0 Å². The maximum atomic E-state index is 5.35. The highest BCUT2D eigenvalue weighted by Crippen LogP contribution is 2.12. The summed E-state index contributed by atoms with van der Waals surface area (Å²) in [5.41, 5.74) is 0.939. The van der Waals surface area contributed by atoms with Gasteiger partial charge in [0.15, 0.2) is 11.6 Å². The molecule has 0 radical (unpaired) electrons. The van der Waals surface area contributed by atoms with E-state index >= 15 is 0 Å². The fraction of sp³-hybridized carbons (Fsp3) is 0.688. The minimum absolute atomic E-state index is 0.732. The number of unbranched alkanes of at least 4 members (excludes halogenated alkanes) is 1. The SMILES string of the molecule is CCCCc1noc(CN2CCN(Cc3cc(C)no3)CC2)n1. The van der Waals surface area contributed by atoms with Gasteiger partial charge in [-0.15, -0.1) is 0 Å². The van der Waals surface area contributed by atoms with Crippen molar-refractivity contribution in [2.75, 3.05) is 26.2 Å². The van der Waals surface area contributed by atoms with Crippen LogP contribution in [0, 0.1) is 6.92 Å². The third-order valence-electron chi connectivity index (χ3n) is 4.14. The van der Waals surface area contributed by atoms with Crippen molar-refractivity contribution in [1.29, 1.82) is 0 Å². The van der Waals surface area contributed by atoms with Crippen molar-refractivity contribution in [3.8, 4) is 0 Å². The number of nitrogens with zero attached hydrogens (tertiary/aromatic N) is 5. The lowest BCUT2D eigenvalue weighted by Crippen LogP contribution is -2.45. The Morgan fingerprint density at radius 3 is 2.43 bits per heavy atom. The molecule has 3 rings (SSSR count). The molecular formula is C16H25N5O2. The standard InChI is InChI=1S/C16H25N5O2/c1-3-4-5-15-17-16(23-19-15)12-21-8-6-20(7-9-21)11-14-10-13(2)18-22-14/h10H,3-9,11-12H2,1-2H3. The predicted molar refractivity (Wildman–Crippen MR) is 84.7 cm³/mol. The van der Waals surface area contributed by atoms with Crippen LogP contribution in [-0.2, 0) is 19.5 Å². The van der Waals surface area contributed by atoms with Crippen LogP contribution < -0.4 is 0 Å². The largest absolute Gasteiger partial charge is 0.360 e. The van der Waals surface area contributed by atoms with Crippen molar-refractivity contribution in [1.82, 2.24) is 25.1 Å². The fourth-order valence-electron chi connectivity index (χ4n) is 2.80. The number of aryl methyl sites for hydroxylation is 2. The Kier molecular flexibility index (Phi) is 5.40. The minimum atomic E-state index is 0.732. The lowest BCUT2D eigenvalue weighted by atomic mass is 10.2. The van der Waals surface area contributed by atoms with Crippen molar-refractivity contribution in [2.24, 2.45) is 0 Å². The third-order valence-corrected chi connectivity index (χ3v) is 4.14. The minimum Gasteiger partial charge on any atom is -0.360 e. The average molecular weight is 319 g/mol. The van der Waals surface area contributed by atoms with Crippen LogP contribution >= 0.6 is 0 Å². The van der Waals surface area contributed by atoms with Crippen LogP contribution in [0.5, 0.6) is 0 Å². The summed E-state index contributed by atoms with van der Waals surface area (Å²) in [6, 6.07) is 2.00. The molecule has 0 aliphatic carbocycles. The Hall–Kier alpha value is -1.73. The second-order valence-electron chi connectivity index (χ2n) is 6.19. The summed E-state index contributed by atoms with van der Waals surface area (Å²) in [6.07, 6.45) is 3.17. The quantitative estimate of drug-likeness (QED) is 0.773. The molecule has 0 saturated carbocycles. The highest BCUT2D eigenvalue weighted by atomic mass is 16.5. The van der Waals surface area contributed by atoms with Crippen LogP contribution in [0.2, 0.25) is 0 Å². The molecule has 0 aromatic carbocycles. The number of hydrogen-bond acceptors (Lipinski definition) is 7. The molecule has 0 amide bonds. The number of piperazine rings is 1. The van der Waals surface area contributed by atoms with E-state index in [2.05, 4.69) is 32.0 Å². The summed E-state index contributed by atoms with van der Waals surface area (Å²) in [5.74, 6) is 2.50. The third kappa shape index (κ3) is 4.62. The Morgan fingerprint density at radius 1 is 1.04 bits per heavy atom. The molecule has 0 spiro atoms. The number of aromatic nitrogens is 3. The van der Waals surface area contributed by atoms with Crippen LogP contribution in [0.3, 0.4) is 0 Å². The Morgan fingerprint density at radius 2 is 1.78 bits per heavy atom. The molecule has 126 valence electrons. The molecule has 1 aliphatic rings. The Labute approximate surface area is 136 Å². The molecule has 2 aromatic rings. The van der Waals surface area contributed by atoms with Gasteiger partial charge in [-0.05, 0) is 13.3 Å². The molecule has 0 N–H and O–H groups in total. The van der Waals surface area contributed by atoms with Gasteiger partial charge in [0.05, 0.1) is 18.8 Å². The second-order valence-corrected chi connectivity index (χ2v) is 6.19. The first-order valence-corrected chi connectivity index (χ1v) is 8.41. The van der Waals surface area contributed by atoms with Gasteiger partial charge in [-0.25, -0.2) is 0 Å². The van der Waals surface area contributed by atoms with Gasteiger partial charge >= 0.3 is 0 Å². The first kappa shape index (κ1) is 16.1. The van der Waals surface area contributed by atoms with Crippen molar-refractivity contribution >= 4 is 0 Å². The van der Waals surface area contributed by atoms with Gasteiger partial charge in [-0.3, -0.25) is 9.80 Å². The smallest absolute Gasteiger partial charge is 0.240 e. The van der Waals surface area contributed by atoms with E-state index in [4.69, 9.17) is 9.05 Å². The van der Waals surface area contributed by atoms with Crippen LogP contribution in [0.15, 0.2) is 15.1 Å². The Bertz CT molecular complexity index is 601. The molecule has 7 nitrogen and oxygen atoms in total. The maximum Gasteiger partial charge on any atom is 0.240 e. The normalized spacial score (nSPS) is 17.0. The lowest BCUT2D eigenvalue weighted by Gasteiger charge is -2.33. The zero-order valence-electron chi connectivity index (χ0n) is 14.0. The number of rotatable bonds is 7. The summed E-state index contributed by atoms with van der Waals surface area (Å²) in [7, 11) is 0. The fourth-order valence-corrected chi connectivity index (χ4v) is 2.80. The molecule has 0 bridgehead atoms. The van der Waals surface area contributed by atoms with Crippen LogP contribution in [-0.4, -0.2) is 51.3 Å². The van der Waals surface area contributed by atoms with Gasteiger partial charge in [0.1, 0.15) is 0 Å². The predicted octanol–water partition coefficient (Wildman–Crippen LogP) is 2.03. The van der Waals surface area contributed by atoms with Gasteiger partial charge in [0, 0.05) is 38.7 Å². The zero-order chi connectivity index (χ0) is 16.1. The molecular weight excluding hydrogens is 294 g/mol. The first-order valence-electron chi connectivity index (χ1n) is 8.41. The van der Waals surface area contributed by atoms with Gasteiger partial charge in [-0.2, -0.15) is 4.98 Å². The van der Waals surface area contributed by atoms with Gasteiger partial charge in [-0.1, -0.05) is 23.7 Å². The van der Waals surface area contributed by atoms with Gasteiger partial charge < -0.3 is 9.05 Å². The molecule has 1 saturated heterocycles. The second kappa shape index (κ2) is 7.70. The van der Waals surface area contributed by atoms with E-state index in [-0.39, 0.29) is 0 Å². The van der Waals surface area contributed by atoms with E-state index in [1.807, 2.05) is 13.0 Å². The molecule has 1 aliphatic heterocycles. The molecule has 0 unspecified atom stereocenters. The van der Waals surface area contributed by atoms with E-state index in [1.54, 1.807) is 0 Å². The molecule has 23 heavy (non-hydrogen) atoms. The van der Waals surface area contributed by atoms with Crippen LogP contribution in [0.1, 0.15) is 42.9 Å². The topological polar surface area (TPSA) is 71.4 Å². The first-order chi connectivity index (χ1) is 11.2. The van der Waals surface area contributed by atoms with Crippen LogP contribution in [0.4, 0.5) is 0 Å². The van der Waals surface area contributed by atoms with Crippen molar-refractivity contribution in [3.05, 3.63) is 29.2 Å². The lowest BCUT2D eigenvalue weighted by molar-refractivity contribution is 0.105. The zero-order valence-corrected chi connectivity index (χ0v) is 14.0. The molecule has 3 heterocycles. The average Bonchev–Trinajstić information content (AvgIpc) is 3.16. The van der Waals surface area contributed by atoms with E-state index < -0.39 is 0 Å². The summed E-state index contributed by atoms with van der Waals surface area (Å²) < 4.78 is 10.6. The van der Waals surface area contributed by atoms with Gasteiger partial charge in [0.2, 0.25) is 5.89 Å². The van der Waals surface area contributed by atoms with Crippen molar-refractivity contribution < 1.29 is 9.05 Å². The molecule has 0 atom stereocenters. The summed E-state index contributed by atoms with van der Waals surface area (Å²) in [4.78, 5) is 9.22. The van der Waals surface area contributed by atoms with Crippen molar-refractivity contribution in [2.45, 2.75) is 46.2 Å². The monoisotopic (exact) mass is 319 g/mol. The van der Waals surface area contributed by atoms with Crippen LogP contribution in [0.25, 0.3) is 0 Å². The van der Waals surface area contributed by atoms with E-state index in [1.165, 1.54) is 0 Å². The van der Waals surface area contributed by atoms with E-state index in [0.717, 1.165) is 81.7 Å². The summed E-state index contributed by atoms with van der Waals surface area (Å²) in [5, 5.41) is 7.99. The van der Waals surface area contributed by atoms with E-state index in [0.29, 0.717) is 0 Å². The molecule has 1 fully saturated rings. The summed E-state index contributed by atoms with van der Waals surface area (Å²) in [6.45, 7) is 9.71.